The van der Waals surface area contributed by atoms with E-state index in [4.69, 9.17) is 9.47 Å². The van der Waals surface area contributed by atoms with Crippen LogP contribution in [-0.2, 0) is 32.5 Å². The molecule has 2 aliphatic heterocycles. The molecule has 2 aromatic rings. The van der Waals surface area contributed by atoms with Gasteiger partial charge in [0.05, 0.1) is 12.0 Å². The number of hydrogen-bond acceptors (Lipinski definition) is 7. The quantitative estimate of drug-likeness (QED) is 0.654. The fraction of sp³-hybridized carbons (Fsp3) is 0.364. The molecule has 0 saturated carbocycles. The maximum absolute atomic E-state index is 13.4. The van der Waals surface area contributed by atoms with Crippen LogP contribution in [0.3, 0.4) is 0 Å². The summed E-state index contributed by atoms with van der Waals surface area (Å²) >= 11 is 0. The predicted octanol–water partition coefficient (Wildman–Crippen LogP) is 2.48. The molecule has 4 rings (SSSR count). The van der Waals surface area contributed by atoms with Crippen molar-refractivity contribution in [1.82, 2.24) is 9.21 Å². The third-order valence-corrected chi connectivity index (χ3v) is 7.20. The first-order valence-corrected chi connectivity index (χ1v) is 11.4. The van der Waals surface area contributed by atoms with Crippen LogP contribution in [-0.4, -0.2) is 50.0 Å². The molecule has 0 radical (unpaired) electrons. The molecular weight excluding hydrogens is 420 g/mol. The summed E-state index contributed by atoms with van der Waals surface area (Å²) in [4.78, 5) is 27.2. The predicted molar refractivity (Wildman–Crippen MR) is 112 cm³/mol. The zero-order chi connectivity index (χ0) is 22.3. The molecule has 2 aromatic carbocycles. The van der Waals surface area contributed by atoms with Crippen LogP contribution in [0.1, 0.15) is 46.8 Å². The van der Waals surface area contributed by atoms with Crippen LogP contribution in [0.15, 0.2) is 41.3 Å². The molecule has 0 atom stereocenters. The SMILES string of the molecule is CC(C)c1cc2c(c3c1C(=O)N(COC(=O)Cc1ccccc1)S3(=O)=O)CN(C)CO2. The summed E-state index contributed by atoms with van der Waals surface area (Å²) in [6.45, 7) is 3.78. The molecule has 0 bridgehead atoms. The Morgan fingerprint density at radius 2 is 1.94 bits per heavy atom. The van der Waals surface area contributed by atoms with Gasteiger partial charge in [-0.25, -0.2) is 8.42 Å². The van der Waals surface area contributed by atoms with Crippen molar-refractivity contribution in [2.45, 2.75) is 37.6 Å². The van der Waals surface area contributed by atoms with Gasteiger partial charge in [-0.3, -0.25) is 14.5 Å². The number of carbonyl (C=O) groups excluding carboxylic acids is 2. The minimum atomic E-state index is -4.19. The second kappa shape index (κ2) is 7.97. The Morgan fingerprint density at radius 1 is 1.23 bits per heavy atom. The van der Waals surface area contributed by atoms with Gasteiger partial charge >= 0.3 is 5.97 Å². The van der Waals surface area contributed by atoms with Crippen LogP contribution in [0.25, 0.3) is 0 Å². The first-order valence-electron chi connectivity index (χ1n) is 9.98. The van der Waals surface area contributed by atoms with Crippen molar-refractivity contribution in [3.63, 3.8) is 0 Å². The Kier molecular flexibility index (Phi) is 5.49. The maximum Gasteiger partial charge on any atom is 0.312 e. The molecule has 0 fully saturated rings. The number of esters is 1. The second-order valence-corrected chi connectivity index (χ2v) is 9.85. The van der Waals surface area contributed by atoms with Crippen LogP contribution in [0, 0.1) is 0 Å². The summed E-state index contributed by atoms with van der Waals surface area (Å²) in [5.74, 6) is -0.913. The fourth-order valence-corrected chi connectivity index (χ4v) is 5.51. The Hall–Kier alpha value is -2.91. The number of sulfonamides is 1. The van der Waals surface area contributed by atoms with E-state index < -0.39 is 28.6 Å². The molecule has 2 heterocycles. The highest BCUT2D eigenvalue weighted by molar-refractivity contribution is 7.90. The average Bonchev–Trinajstić information content (AvgIpc) is 2.92. The normalized spacial score (nSPS) is 17.3. The summed E-state index contributed by atoms with van der Waals surface area (Å²) in [5.41, 5.74) is 1.94. The standard InChI is InChI=1S/C22H24N2O6S/c1-14(2)16-10-18-17(11-23(3)12-29-18)21-20(16)22(26)24(31(21,27)28)13-30-19(25)9-15-7-5-4-6-8-15/h4-8,10,14H,9,11-13H2,1-3H3. The van der Waals surface area contributed by atoms with E-state index in [1.807, 2.05) is 24.8 Å². The number of amides is 1. The van der Waals surface area contributed by atoms with Crippen molar-refractivity contribution in [3.8, 4) is 5.75 Å². The summed E-state index contributed by atoms with van der Waals surface area (Å²) in [5, 5.41) is 0. The molecule has 1 amide bonds. The lowest BCUT2D eigenvalue weighted by atomic mass is 9.93. The van der Waals surface area contributed by atoms with Gasteiger partial charge in [-0.2, -0.15) is 4.31 Å². The molecule has 9 heteroatoms. The first kappa shape index (κ1) is 21.3. The Morgan fingerprint density at radius 3 is 2.61 bits per heavy atom. The largest absolute Gasteiger partial charge is 0.478 e. The van der Waals surface area contributed by atoms with Gasteiger partial charge in [0.15, 0.2) is 6.73 Å². The van der Waals surface area contributed by atoms with E-state index in [0.29, 0.717) is 34.5 Å². The summed E-state index contributed by atoms with van der Waals surface area (Å²) in [7, 11) is -2.38. The first-order chi connectivity index (χ1) is 14.7. The van der Waals surface area contributed by atoms with Crippen LogP contribution in [0.5, 0.6) is 5.75 Å². The van der Waals surface area contributed by atoms with Gasteiger partial charge < -0.3 is 9.47 Å². The fourth-order valence-electron chi connectivity index (χ4n) is 3.85. The number of carbonyl (C=O) groups is 2. The highest BCUT2D eigenvalue weighted by atomic mass is 32.2. The van der Waals surface area contributed by atoms with Crippen LogP contribution >= 0.6 is 0 Å². The van der Waals surface area contributed by atoms with E-state index in [9.17, 15) is 18.0 Å². The van der Waals surface area contributed by atoms with Crippen molar-refractivity contribution in [3.05, 3.63) is 58.7 Å². The third-order valence-electron chi connectivity index (χ3n) is 5.39. The molecule has 31 heavy (non-hydrogen) atoms. The molecular formula is C22H24N2O6S. The summed E-state index contributed by atoms with van der Waals surface area (Å²) < 4.78 is 38.3. The zero-order valence-corrected chi connectivity index (χ0v) is 18.4. The van der Waals surface area contributed by atoms with Crippen LogP contribution < -0.4 is 4.74 Å². The molecule has 0 aliphatic carbocycles. The van der Waals surface area contributed by atoms with Crippen molar-refractivity contribution >= 4 is 21.9 Å². The van der Waals surface area contributed by atoms with Crippen molar-refractivity contribution < 1.29 is 27.5 Å². The molecule has 0 saturated heterocycles. The van der Waals surface area contributed by atoms with Gasteiger partial charge in [0.1, 0.15) is 17.4 Å². The summed E-state index contributed by atoms with van der Waals surface area (Å²) in [6.07, 6.45) is -0.0128. The Labute approximate surface area is 181 Å². The molecule has 0 N–H and O–H groups in total. The average molecular weight is 445 g/mol. The van der Waals surface area contributed by atoms with Crippen molar-refractivity contribution in [2.75, 3.05) is 20.5 Å². The highest BCUT2D eigenvalue weighted by Crippen LogP contribution is 2.43. The minimum Gasteiger partial charge on any atom is -0.478 e. The van der Waals surface area contributed by atoms with E-state index in [1.165, 1.54) is 0 Å². The number of benzene rings is 2. The Balaban J connectivity index is 1.66. The molecule has 8 nitrogen and oxygen atoms in total. The van der Waals surface area contributed by atoms with E-state index in [0.717, 1.165) is 5.56 Å². The highest BCUT2D eigenvalue weighted by Gasteiger charge is 2.47. The minimum absolute atomic E-state index is 0.0128. The molecule has 0 aromatic heterocycles. The van der Waals surface area contributed by atoms with Gasteiger partial charge in [0, 0.05) is 12.1 Å². The van der Waals surface area contributed by atoms with Crippen LogP contribution in [0.2, 0.25) is 0 Å². The smallest absolute Gasteiger partial charge is 0.312 e. The number of hydrogen-bond donors (Lipinski definition) is 0. The lowest BCUT2D eigenvalue weighted by Crippen LogP contribution is -2.34. The van der Waals surface area contributed by atoms with E-state index in [1.54, 1.807) is 37.4 Å². The topological polar surface area (TPSA) is 93.2 Å². The maximum atomic E-state index is 13.4. The number of fused-ring (bicyclic) bond motifs is 3. The Bertz CT molecular complexity index is 1140. The van der Waals surface area contributed by atoms with Gasteiger partial charge in [0.2, 0.25) is 0 Å². The third kappa shape index (κ3) is 3.79. The monoisotopic (exact) mass is 444 g/mol. The lowest BCUT2D eigenvalue weighted by Gasteiger charge is -2.28. The number of rotatable bonds is 5. The second-order valence-electron chi connectivity index (χ2n) is 8.06. The number of ether oxygens (including phenoxy) is 2. The van der Waals surface area contributed by atoms with Gasteiger partial charge in [-0.05, 0) is 30.2 Å². The van der Waals surface area contributed by atoms with Crippen molar-refractivity contribution in [2.24, 2.45) is 0 Å². The van der Waals surface area contributed by atoms with Crippen LogP contribution in [0.4, 0.5) is 0 Å². The van der Waals surface area contributed by atoms with Crippen molar-refractivity contribution in [1.29, 1.82) is 0 Å². The molecule has 0 unspecified atom stereocenters. The van der Waals surface area contributed by atoms with Gasteiger partial charge in [-0.15, -0.1) is 0 Å². The van der Waals surface area contributed by atoms with Gasteiger partial charge in [0.25, 0.3) is 15.9 Å². The molecule has 2 aliphatic rings. The van der Waals surface area contributed by atoms with E-state index >= 15 is 0 Å². The lowest BCUT2D eigenvalue weighted by molar-refractivity contribution is -0.144. The summed E-state index contributed by atoms with van der Waals surface area (Å²) in [6, 6.07) is 10.7. The van der Waals surface area contributed by atoms with E-state index in [2.05, 4.69) is 0 Å². The number of nitrogens with zero attached hydrogens (tertiary/aromatic N) is 2. The zero-order valence-electron chi connectivity index (χ0n) is 17.6. The van der Waals surface area contributed by atoms with Gasteiger partial charge in [-0.1, -0.05) is 44.2 Å². The molecule has 0 spiro atoms. The van der Waals surface area contributed by atoms with E-state index in [-0.39, 0.29) is 22.8 Å². The molecule has 164 valence electrons.